The fourth-order valence-electron chi connectivity index (χ4n) is 4.03. The Morgan fingerprint density at radius 2 is 1.48 bits per heavy atom. The van der Waals surface area contributed by atoms with E-state index in [9.17, 15) is 4.39 Å². The summed E-state index contributed by atoms with van der Waals surface area (Å²) in [5.41, 5.74) is 3.80. The lowest BCUT2D eigenvalue weighted by Crippen LogP contribution is -1.98. The average Bonchev–Trinajstić information content (AvgIpc) is 3.28. The predicted octanol–water partition coefficient (Wildman–Crippen LogP) is 8.82. The minimum Gasteiger partial charge on any atom is -0.493 e. The number of fused-ring (bicyclic) bond motifs is 1. The highest BCUT2D eigenvalue weighted by Crippen LogP contribution is 2.30. The van der Waals surface area contributed by atoms with Crippen LogP contribution in [-0.2, 0) is 0 Å². The maximum absolute atomic E-state index is 14.8. The first-order valence-corrected chi connectivity index (χ1v) is 12.1. The lowest BCUT2D eigenvalue weighted by atomic mass is 10.0. The Morgan fingerprint density at radius 3 is 2.21 bits per heavy atom. The smallest absolute Gasteiger partial charge is 0.227 e. The summed E-state index contributed by atoms with van der Waals surface area (Å²) in [6.07, 6.45) is 10.0. The number of oxazole rings is 1. The van der Waals surface area contributed by atoms with Gasteiger partial charge >= 0.3 is 0 Å². The second-order valence-electron chi connectivity index (χ2n) is 8.53. The van der Waals surface area contributed by atoms with Crippen LogP contribution in [0.1, 0.15) is 58.3 Å². The molecular weight excluding hydrogens is 413 g/mol. The molecule has 1 heterocycles. The first kappa shape index (κ1) is 23.0. The van der Waals surface area contributed by atoms with Gasteiger partial charge in [-0.05, 0) is 48.4 Å². The van der Waals surface area contributed by atoms with Crippen molar-refractivity contribution < 1.29 is 13.5 Å². The number of para-hydroxylation sites is 2. The third-order valence-electron chi connectivity index (χ3n) is 5.94. The molecule has 3 aromatic carbocycles. The SMILES string of the molecule is CCCCCCCCCCOc1ccc(-c2ccc(-c3nc4ccccc4o3)cc2)c(F)c1. The third-order valence-corrected chi connectivity index (χ3v) is 5.94. The van der Waals surface area contributed by atoms with Gasteiger partial charge in [0.05, 0.1) is 6.61 Å². The molecule has 0 saturated heterocycles. The van der Waals surface area contributed by atoms with E-state index in [0.29, 0.717) is 23.8 Å². The van der Waals surface area contributed by atoms with E-state index in [0.717, 1.165) is 28.6 Å². The standard InChI is InChI=1S/C29H32FNO2/c1-2-3-4-5-6-7-8-11-20-32-24-18-19-25(26(30)21-24)22-14-16-23(17-15-22)29-31-27-12-9-10-13-28(27)33-29/h9-10,12-19,21H,2-8,11,20H2,1H3. The van der Waals surface area contributed by atoms with Crippen LogP contribution in [-0.4, -0.2) is 11.6 Å². The normalized spacial score (nSPS) is 11.2. The first-order valence-electron chi connectivity index (χ1n) is 12.1. The van der Waals surface area contributed by atoms with Crippen molar-refractivity contribution in [3.05, 3.63) is 72.5 Å². The molecule has 0 radical (unpaired) electrons. The van der Waals surface area contributed by atoms with E-state index in [-0.39, 0.29) is 5.82 Å². The Bertz CT molecular complexity index is 1120. The van der Waals surface area contributed by atoms with E-state index in [1.54, 1.807) is 6.07 Å². The summed E-state index contributed by atoms with van der Waals surface area (Å²) < 4.78 is 26.4. The number of aromatic nitrogens is 1. The summed E-state index contributed by atoms with van der Waals surface area (Å²) in [5, 5.41) is 0. The first-order chi connectivity index (χ1) is 16.2. The molecular formula is C29H32FNO2. The molecule has 0 fully saturated rings. The topological polar surface area (TPSA) is 35.3 Å². The number of hydrogen-bond acceptors (Lipinski definition) is 3. The molecule has 0 amide bonds. The van der Waals surface area contributed by atoms with E-state index in [4.69, 9.17) is 9.15 Å². The van der Waals surface area contributed by atoms with Gasteiger partial charge in [0.25, 0.3) is 0 Å². The van der Waals surface area contributed by atoms with Crippen LogP contribution in [0.4, 0.5) is 4.39 Å². The van der Waals surface area contributed by atoms with Crippen molar-refractivity contribution in [2.24, 2.45) is 0 Å². The molecule has 1 aromatic heterocycles. The van der Waals surface area contributed by atoms with Crippen LogP contribution >= 0.6 is 0 Å². The highest BCUT2D eigenvalue weighted by Gasteiger charge is 2.10. The zero-order chi connectivity index (χ0) is 22.9. The molecule has 4 aromatic rings. The Balaban J connectivity index is 1.29. The van der Waals surface area contributed by atoms with Crippen molar-refractivity contribution in [1.82, 2.24) is 4.98 Å². The fourth-order valence-corrected chi connectivity index (χ4v) is 4.03. The molecule has 0 aliphatic heterocycles. The van der Waals surface area contributed by atoms with E-state index in [1.807, 2.05) is 54.6 Å². The lowest BCUT2D eigenvalue weighted by molar-refractivity contribution is 0.303. The largest absolute Gasteiger partial charge is 0.493 e. The fraction of sp³-hybridized carbons (Fsp3) is 0.345. The Kier molecular flexibility index (Phi) is 8.13. The van der Waals surface area contributed by atoms with Crippen LogP contribution in [0.25, 0.3) is 33.7 Å². The second-order valence-corrected chi connectivity index (χ2v) is 8.53. The van der Waals surface area contributed by atoms with Crippen molar-refractivity contribution in [3.63, 3.8) is 0 Å². The minimum atomic E-state index is -0.280. The van der Waals surface area contributed by atoms with Crippen molar-refractivity contribution in [2.45, 2.75) is 58.3 Å². The van der Waals surface area contributed by atoms with E-state index >= 15 is 0 Å². The van der Waals surface area contributed by atoms with E-state index in [1.165, 1.54) is 51.0 Å². The van der Waals surface area contributed by atoms with Crippen LogP contribution in [0, 0.1) is 5.82 Å². The number of rotatable bonds is 12. The van der Waals surface area contributed by atoms with Crippen molar-refractivity contribution in [3.8, 4) is 28.3 Å². The number of hydrogen-bond donors (Lipinski definition) is 0. The Labute approximate surface area is 195 Å². The molecule has 0 aliphatic carbocycles. The quantitative estimate of drug-likeness (QED) is 0.204. The molecule has 4 rings (SSSR count). The number of nitrogens with zero attached hydrogens (tertiary/aromatic N) is 1. The summed E-state index contributed by atoms with van der Waals surface area (Å²) in [7, 11) is 0. The second kappa shape index (κ2) is 11.6. The zero-order valence-corrected chi connectivity index (χ0v) is 19.4. The number of halogens is 1. The highest BCUT2D eigenvalue weighted by molar-refractivity contribution is 5.76. The van der Waals surface area contributed by atoms with E-state index < -0.39 is 0 Å². The maximum atomic E-state index is 14.8. The highest BCUT2D eigenvalue weighted by atomic mass is 19.1. The average molecular weight is 446 g/mol. The molecule has 0 atom stereocenters. The number of ether oxygens (including phenoxy) is 1. The van der Waals surface area contributed by atoms with Crippen LogP contribution in [0.5, 0.6) is 5.75 Å². The van der Waals surface area contributed by atoms with Gasteiger partial charge in [0.15, 0.2) is 5.58 Å². The van der Waals surface area contributed by atoms with Gasteiger partial charge in [0.2, 0.25) is 5.89 Å². The maximum Gasteiger partial charge on any atom is 0.227 e. The summed E-state index contributed by atoms with van der Waals surface area (Å²) in [6.45, 7) is 2.87. The van der Waals surface area contributed by atoms with E-state index in [2.05, 4.69) is 11.9 Å². The molecule has 4 heteroatoms. The number of benzene rings is 3. The summed E-state index contributed by atoms with van der Waals surface area (Å²) >= 11 is 0. The summed E-state index contributed by atoms with van der Waals surface area (Å²) in [4.78, 5) is 4.52. The third kappa shape index (κ3) is 6.22. The predicted molar refractivity (Wildman–Crippen MR) is 133 cm³/mol. The van der Waals surface area contributed by atoms with Gasteiger partial charge in [-0.2, -0.15) is 0 Å². The van der Waals surface area contributed by atoms with Crippen LogP contribution < -0.4 is 4.74 Å². The molecule has 0 unspecified atom stereocenters. The van der Waals surface area contributed by atoms with Crippen molar-refractivity contribution in [2.75, 3.05) is 6.61 Å². The molecule has 3 nitrogen and oxygen atoms in total. The van der Waals surface area contributed by atoms with Crippen LogP contribution in [0.3, 0.4) is 0 Å². The van der Waals surface area contributed by atoms with Gasteiger partial charge in [-0.1, -0.05) is 76.1 Å². The minimum absolute atomic E-state index is 0.280. The number of unbranched alkanes of at least 4 members (excludes halogenated alkanes) is 7. The Hall–Kier alpha value is -3.14. The zero-order valence-electron chi connectivity index (χ0n) is 19.4. The molecule has 0 aliphatic rings. The van der Waals surface area contributed by atoms with Gasteiger partial charge in [0.1, 0.15) is 17.1 Å². The summed E-state index contributed by atoms with van der Waals surface area (Å²) in [6, 6.07) is 20.4. The van der Waals surface area contributed by atoms with Gasteiger partial charge in [-0.3, -0.25) is 0 Å². The summed E-state index contributed by atoms with van der Waals surface area (Å²) in [5.74, 6) is 0.869. The van der Waals surface area contributed by atoms with Gasteiger partial charge < -0.3 is 9.15 Å². The molecule has 0 spiro atoms. The monoisotopic (exact) mass is 445 g/mol. The van der Waals surface area contributed by atoms with Gasteiger partial charge in [-0.15, -0.1) is 0 Å². The molecule has 33 heavy (non-hydrogen) atoms. The molecule has 0 N–H and O–H groups in total. The van der Waals surface area contributed by atoms with Crippen molar-refractivity contribution in [1.29, 1.82) is 0 Å². The van der Waals surface area contributed by atoms with Crippen LogP contribution in [0.2, 0.25) is 0 Å². The lowest BCUT2D eigenvalue weighted by Gasteiger charge is -2.09. The molecule has 0 bridgehead atoms. The molecule has 0 saturated carbocycles. The molecule has 172 valence electrons. The van der Waals surface area contributed by atoms with Gasteiger partial charge in [-0.25, -0.2) is 9.37 Å². The van der Waals surface area contributed by atoms with Crippen molar-refractivity contribution >= 4 is 11.1 Å². The van der Waals surface area contributed by atoms with Gasteiger partial charge in [0, 0.05) is 17.2 Å². The Morgan fingerprint density at radius 1 is 0.788 bits per heavy atom. The van der Waals surface area contributed by atoms with Crippen LogP contribution in [0.15, 0.2) is 71.1 Å².